The molecule has 1 aliphatic rings. The lowest BCUT2D eigenvalue weighted by molar-refractivity contribution is 0.208. The molecule has 2 aromatic rings. The summed E-state index contributed by atoms with van der Waals surface area (Å²) in [6.07, 6.45) is 0. The van der Waals surface area contributed by atoms with E-state index < -0.39 is 0 Å². The smallest absolute Gasteiger partial charge is 0.227 e. The Morgan fingerprint density at radius 1 is 1.00 bits per heavy atom. The van der Waals surface area contributed by atoms with Gasteiger partial charge in [-0.2, -0.15) is 5.26 Å². The Morgan fingerprint density at radius 3 is 2.19 bits per heavy atom. The lowest BCUT2D eigenvalue weighted by Crippen LogP contribution is -2.49. The number of hydrogen-bond donors (Lipinski definition) is 0. The molecule has 1 aromatic carbocycles. The zero-order valence-corrected chi connectivity index (χ0v) is 16.2. The second kappa shape index (κ2) is 7.88. The second-order valence-electron chi connectivity index (χ2n) is 7.63. The van der Waals surface area contributed by atoms with E-state index in [4.69, 9.17) is 5.26 Å². The molecule has 1 saturated heterocycles. The molecule has 6 nitrogen and oxygen atoms in total. The molecular formula is C20H28N6. The Bertz CT molecular complexity index is 761. The van der Waals surface area contributed by atoms with E-state index >= 15 is 0 Å². The van der Waals surface area contributed by atoms with E-state index in [0.717, 1.165) is 50.1 Å². The van der Waals surface area contributed by atoms with Crippen LogP contribution in [0.1, 0.15) is 33.3 Å². The minimum absolute atomic E-state index is 0.499. The van der Waals surface area contributed by atoms with E-state index in [9.17, 15) is 0 Å². The predicted octanol–water partition coefficient (Wildman–Crippen LogP) is 3.00. The van der Waals surface area contributed by atoms with Crippen LogP contribution in [0.3, 0.4) is 0 Å². The maximum Gasteiger partial charge on any atom is 0.227 e. The highest BCUT2D eigenvalue weighted by molar-refractivity contribution is 5.59. The zero-order valence-electron chi connectivity index (χ0n) is 16.2. The molecule has 0 spiro atoms. The molecule has 0 aliphatic carbocycles. The second-order valence-corrected chi connectivity index (χ2v) is 7.63. The molecule has 6 heteroatoms. The standard InChI is InChI=1S/C20H28N6/c1-15(2)14-26-19(18-7-5-17(13-21)6-8-18)22-23-20(26)25-11-9-24(10-12-25)16(3)4/h5-8,15-16H,9-12,14H2,1-4H3. The summed E-state index contributed by atoms with van der Waals surface area (Å²) in [6, 6.07) is 10.3. The number of nitriles is 1. The quantitative estimate of drug-likeness (QED) is 0.828. The molecule has 1 aromatic heterocycles. The molecule has 3 rings (SSSR count). The molecule has 0 radical (unpaired) electrons. The van der Waals surface area contributed by atoms with Crippen molar-refractivity contribution in [2.45, 2.75) is 40.3 Å². The summed E-state index contributed by atoms with van der Waals surface area (Å²) in [7, 11) is 0. The van der Waals surface area contributed by atoms with Crippen LogP contribution in [-0.2, 0) is 6.54 Å². The summed E-state index contributed by atoms with van der Waals surface area (Å²) >= 11 is 0. The molecule has 0 saturated carbocycles. The van der Waals surface area contributed by atoms with Gasteiger partial charge in [0.15, 0.2) is 5.82 Å². The molecular weight excluding hydrogens is 324 g/mol. The molecule has 138 valence electrons. The number of piperazine rings is 1. The van der Waals surface area contributed by atoms with Crippen molar-refractivity contribution < 1.29 is 0 Å². The number of aromatic nitrogens is 3. The van der Waals surface area contributed by atoms with Crippen LogP contribution < -0.4 is 4.90 Å². The summed E-state index contributed by atoms with van der Waals surface area (Å²) in [6.45, 7) is 13.9. The number of hydrogen-bond acceptors (Lipinski definition) is 5. The highest BCUT2D eigenvalue weighted by atomic mass is 15.4. The van der Waals surface area contributed by atoms with E-state index in [1.165, 1.54) is 0 Å². The fourth-order valence-corrected chi connectivity index (χ4v) is 3.41. The largest absolute Gasteiger partial charge is 0.338 e. The van der Waals surface area contributed by atoms with Gasteiger partial charge in [-0.15, -0.1) is 10.2 Å². The molecule has 1 aliphatic heterocycles. The highest BCUT2D eigenvalue weighted by Gasteiger charge is 2.24. The third-order valence-corrected chi connectivity index (χ3v) is 4.88. The molecule has 0 amide bonds. The van der Waals surface area contributed by atoms with E-state index in [2.05, 4.69) is 58.3 Å². The SMILES string of the molecule is CC(C)Cn1c(-c2ccc(C#N)cc2)nnc1N1CCN(C(C)C)CC1. The van der Waals surface area contributed by atoms with Gasteiger partial charge in [0.1, 0.15) is 0 Å². The Morgan fingerprint density at radius 2 is 1.65 bits per heavy atom. The first-order chi connectivity index (χ1) is 12.5. The fourth-order valence-electron chi connectivity index (χ4n) is 3.41. The van der Waals surface area contributed by atoms with Crippen LogP contribution in [0.4, 0.5) is 5.95 Å². The number of anilines is 1. The van der Waals surface area contributed by atoms with E-state index in [1.807, 2.05) is 24.3 Å². The maximum atomic E-state index is 9.01. The van der Waals surface area contributed by atoms with E-state index in [-0.39, 0.29) is 0 Å². The summed E-state index contributed by atoms with van der Waals surface area (Å²) in [5, 5.41) is 18.0. The highest BCUT2D eigenvalue weighted by Crippen LogP contribution is 2.25. The average Bonchev–Trinajstić information content (AvgIpc) is 3.04. The zero-order chi connectivity index (χ0) is 18.7. The van der Waals surface area contributed by atoms with Crippen LogP contribution in [-0.4, -0.2) is 51.9 Å². The number of nitrogens with zero attached hydrogens (tertiary/aromatic N) is 6. The average molecular weight is 352 g/mol. The van der Waals surface area contributed by atoms with Gasteiger partial charge in [0, 0.05) is 44.3 Å². The van der Waals surface area contributed by atoms with E-state index in [1.54, 1.807) is 0 Å². The Kier molecular flexibility index (Phi) is 5.58. The summed E-state index contributed by atoms with van der Waals surface area (Å²) in [4.78, 5) is 4.85. The molecule has 26 heavy (non-hydrogen) atoms. The molecule has 0 N–H and O–H groups in total. The first-order valence-electron chi connectivity index (χ1n) is 9.42. The third kappa shape index (κ3) is 3.88. The van der Waals surface area contributed by atoms with Crippen molar-refractivity contribution in [3.8, 4) is 17.5 Å². The summed E-state index contributed by atoms with van der Waals surface area (Å²) in [5.74, 6) is 2.34. The van der Waals surface area contributed by atoms with Crippen LogP contribution in [0.15, 0.2) is 24.3 Å². The normalized spacial score (nSPS) is 15.7. The van der Waals surface area contributed by atoms with Gasteiger partial charge in [0.25, 0.3) is 0 Å². The van der Waals surface area contributed by atoms with Crippen molar-refractivity contribution in [2.24, 2.45) is 5.92 Å². The van der Waals surface area contributed by atoms with Crippen molar-refractivity contribution >= 4 is 5.95 Å². The topological polar surface area (TPSA) is 61.0 Å². The predicted molar refractivity (Wildman–Crippen MR) is 104 cm³/mol. The van der Waals surface area contributed by atoms with Gasteiger partial charge in [-0.05, 0) is 44.0 Å². The van der Waals surface area contributed by atoms with Gasteiger partial charge in [-0.25, -0.2) is 0 Å². The monoisotopic (exact) mass is 352 g/mol. The molecule has 2 heterocycles. The lowest BCUT2D eigenvalue weighted by Gasteiger charge is -2.37. The third-order valence-electron chi connectivity index (χ3n) is 4.88. The van der Waals surface area contributed by atoms with Gasteiger partial charge >= 0.3 is 0 Å². The Balaban J connectivity index is 1.89. The van der Waals surface area contributed by atoms with Crippen LogP contribution in [0, 0.1) is 17.2 Å². The van der Waals surface area contributed by atoms with Crippen LogP contribution >= 0.6 is 0 Å². The number of rotatable bonds is 5. The van der Waals surface area contributed by atoms with Gasteiger partial charge < -0.3 is 4.90 Å². The fraction of sp³-hybridized carbons (Fsp3) is 0.550. The minimum atomic E-state index is 0.499. The van der Waals surface area contributed by atoms with Crippen molar-refractivity contribution in [3.05, 3.63) is 29.8 Å². The van der Waals surface area contributed by atoms with Gasteiger partial charge in [-0.1, -0.05) is 13.8 Å². The van der Waals surface area contributed by atoms with E-state index in [0.29, 0.717) is 17.5 Å². The first-order valence-corrected chi connectivity index (χ1v) is 9.42. The molecule has 0 bridgehead atoms. The first kappa shape index (κ1) is 18.4. The van der Waals surface area contributed by atoms with Crippen molar-refractivity contribution in [1.82, 2.24) is 19.7 Å². The lowest BCUT2D eigenvalue weighted by atomic mass is 10.1. The van der Waals surface area contributed by atoms with Gasteiger partial charge in [-0.3, -0.25) is 9.47 Å². The van der Waals surface area contributed by atoms with Gasteiger partial charge in [0.2, 0.25) is 5.95 Å². The van der Waals surface area contributed by atoms with Crippen LogP contribution in [0.25, 0.3) is 11.4 Å². The number of benzene rings is 1. The van der Waals surface area contributed by atoms with Crippen molar-refractivity contribution in [1.29, 1.82) is 5.26 Å². The van der Waals surface area contributed by atoms with Crippen molar-refractivity contribution in [2.75, 3.05) is 31.1 Å². The Hall–Kier alpha value is -2.39. The molecule has 0 atom stereocenters. The molecule has 0 unspecified atom stereocenters. The van der Waals surface area contributed by atoms with Gasteiger partial charge in [0.05, 0.1) is 11.6 Å². The summed E-state index contributed by atoms with van der Waals surface area (Å²) < 4.78 is 2.23. The molecule has 1 fully saturated rings. The van der Waals surface area contributed by atoms with Crippen LogP contribution in [0.5, 0.6) is 0 Å². The van der Waals surface area contributed by atoms with Crippen LogP contribution in [0.2, 0.25) is 0 Å². The van der Waals surface area contributed by atoms with Crippen molar-refractivity contribution in [3.63, 3.8) is 0 Å². The maximum absolute atomic E-state index is 9.01. The summed E-state index contributed by atoms with van der Waals surface area (Å²) in [5.41, 5.74) is 1.66. The minimum Gasteiger partial charge on any atom is -0.338 e. The Labute approximate surface area is 156 Å².